The van der Waals surface area contributed by atoms with E-state index < -0.39 is 35.4 Å². The fourth-order valence-electron chi connectivity index (χ4n) is 2.10. The van der Waals surface area contributed by atoms with Gasteiger partial charge in [-0.05, 0) is 29.8 Å². The van der Waals surface area contributed by atoms with E-state index in [1.807, 2.05) is 0 Å². The minimum atomic E-state index is -1.19. The summed E-state index contributed by atoms with van der Waals surface area (Å²) >= 11 is 0. The van der Waals surface area contributed by atoms with E-state index >= 15 is 0 Å². The van der Waals surface area contributed by atoms with Crippen LogP contribution in [0.5, 0.6) is 0 Å². The van der Waals surface area contributed by atoms with Gasteiger partial charge in [0.1, 0.15) is 11.9 Å². The SMILES string of the molecule is COC(=O)[C@@H](Cc1ccccc1F)NC(=O)c1ccc(F)c(F)c1. The van der Waals surface area contributed by atoms with Crippen LogP contribution in [0.2, 0.25) is 0 Å². The lowest BCUT2D eigenvalue weighted by Gasteiger charge is -2.17. The van der Waals surface area contributed by atoms with Gasteiger partial charge in [0.25, 0.3) is 5.91 Å². The Labute approximate surface area is 136 Å². The van der Waals surface area contributed by atoms with E-state index in [1.54, 1.807) is 6.07 Å². The highest BCUT2D eigenvalue weighted by Crippen LogP contribution is 2.12. The molecule has 4 nitrogen and oxygen atoms in total. The molecule has 0 radical (unpaired) electrons. The Morgan fingerprint density at radius 1 is 1.04 bits per heavy atom. The van der Waals surface area contributed by atoms with Crippen LogP contribution in [-0.4, -0.2) is 25.0 Å². The molecule has 0 aliphatic carbocycles. The molecule has 2 rings (SSSR count). The molecule has 0 fully saturated rings. The van der Waals surface area contributed by atoms with E-state index in [-0.39, 0.29) is 17.5 Å². The molecule has 0 saturated carbocycles. The molecule has 7 heteroatoms. The fourth-order valence-corrected chi connectivity index (χ4v) is 2.10. The van der Waals surface area contributed by atoms with Gasteiger partial charge in [0.15, 0.2) is 11.6 Å². The van der Waals surface area contributed by atoms with Crippen molar-refractivity contribution in [2.45, 2.75) is 12.5 Å². The molecular weight excluding hydrogens is 323 g/mol. The van der Waals surface area contributed by atoms with E-state index in [1.165, 1.54) is 18.2 Å². The molecule has 0 aliphatic rings. The number of nitrogens with one attached hydrogen (secondary N) is 1. The number of hydrogen-bond donors (Lipinski definition) is 1. The molecule has 0 spiro atoms. The Balaban J connectivity index is 2.19. The summed E-state index contributed by atoms with van der Waals surface area (Å²) in [5.41, 5.74) is 0.0369. The summed E-state index contributed by atoms with van der Waals surface area (Å²) in [4.78, 5) is 23.9. The molecule has 2 aromatic rings. The van der Waals surface area contributed by atoms with Crippen molar-refractivity contribution in [2.75, 3.05) is 7.11 Å². The summed E-state index contributed by atoms with van der Waals surface area (Å²) in [6.07, 6.45) is -0.144. The zero-order chi connectivity index (χ0) is 17.7. The number of benzene rings is 2. The van der Waals surface area contributed by atoms with Crippen LogP contribution >= 0.6 is 0 Å². The van der Waals surface area contributed by atoms with Gasteiger partial charge in [-0.1, -0.05) is 18.2 Å². The first-order valence-electron chi connectivity index (χ1n) is 6.99. The van der Waals surface area contributed by atoms with Crippen molar-refractivity contribution < 1.29 is 27.5 Å². The Kier molecular flexibility index (Phi) is 5.57. The van der Waals surface area contributed by atoms with Crippen molar-refractivity contribution in [3.8, 4) is 0 Å². The second-order valence-corrected chi connectivity index (χ2v) is 4.97. The highest BCUT2D eigenvalue weighted by atomic mass is 19.2. The van der Waals surface area contributed by atoms with Crippen LogP contribution in [-0.2, 0) is 16.0 Å². The van der Waals surface area contributed by atoms with Gasteiger partial charge in [0.05, 0.1) is 7.11 Å². The van der Waals surface area contributed by atoms with Gasteiger partial charge >= 0.3 is 5.97 Å². The second-order valence-electron chi connectivity index (χ2n) is 4.97. The van der Waals surface area contributed by atoms with Gasteiger partial charge in [0, 0.05) is 12.0 Å². The third kappa shape index (κ3) is 4.13. The average molecular weight is 337 g/mol. The minimum absolute atomic E-state index is 0.144. The number of esters is 1. The molecule has 1 atom stereocenters. The predicted molar refractivity (Wildman–Crippen MR) is 79.7 cm³/mol. The van der Waals surface area contributed by atoms with Crippen molar-refractivity contribution in [3.05, 3.63) is 71.0 Å². The molecule has 2 aromatic carbocycles. The lowest BCUT2D eigenvalue weighted by molar-refractivity contribution is -0.142. The first-order valence-corrected chi connectivity index (χ1v) is 6.99. The molecule has 1 N–H and O–H groups in total. The Hall–Kier alpha value is -2.83. The number of ether oxygens (including phenoxy) is 1. The van der Waals surface area contributed by atoms with Gasteiger partial charge in [-0.15, -0.1) is 0 Å². The first kappa shape index (κ1) is 17.5. The highest BCUT2D eigenvalue weighted by Gasteiger charge is 2.24. The third-order valence-corrected chi connectivity index (χ3v) is 3.35. The van der Waals surface area contributed by atoms with Crippen LogP contribution in [0.15, 0.2) is 42.5 Å². The van der Waals surface area contributed by atoms with Crippen LogP contribution in [0.3, 0.4) is 0 Å². The summed E-state index contributed by atoms with van der Waals surface area (Å²) < 4.78 is 44.4. The van der Waals surface area contributed by atoms with Crippen molar-refractivity contribution >= 4 is 11.9 Å². The molecule has 0 saturated heterocycles. The molecule has 24 heavy (non-hydrogen) atoms. The van der Waals surface area contributed by atoms with E-state index in [0.29, 0.717) is 6.07 Å². The monoisotopic (exact) mass is 337 g/mol. The Morgan fingerprint density at radius 3 is 2.38 bits per heavy atom. The maximum absolute atomic E-state index is 13.7. The lowest BCUT2D eigenvalue weighted by Crippen LogP contribution is -2.43. The van der Waals surface area contributed by atoms with Crippen LogP contribution in [0.4, 0.5) is 13.2 Å². The summed E-state index contributed by atoms with van der Waals surface area (Å²) in [7, 11) is 1.13. The van der Waals surface area contributed by atoms with Crippen LogP contribution in [0.25, 0.3) is 0 Å². The number of hydrogen-bond acceptors (Lipinski definition) is 3. The Morgan fingerprint density at radius 2 is 1.75 bits per heavy atom. The maximum atomic E-state index is 13.7. The molecule has 0 heterocycles. The zero-order valence-corrected chi connectivity index (χ0v) is 12.7. The lowest BCUT2D eigenvalue weighted by atomic mass is 10.0. The summed E-state index contributed by atoms with van der Waals surface area (Å²) in [6.45, 7) is 0. The van der Waals surface area contributed by atoms with Gasteiger partial charge in [-0.3, -0.25) is 4.79 Å². The zero-order valence-electron chi connectivity index (χ0n) is 12.7. The van der Waals surface area contributed by atoms with Crippen LogP contribution in [0.1, 0.15) is 15.9 Å². The largest absolute Gasteiger partial charge is 0.467 e. The molecule has 0 aromatic heterocycles. The summed E-state index contributed by atoms with van der Waals surface area (Å²) in [6, 6.07) is 7.18. The number of amides is 1. The van der Waals surface area contributed by atoms with E-state index in [4.69, 9.17) is 0 Å². The molecule has 126 valence electrons. The second kappa shape index (κ2) is 7.63. The highest BCUT2D eigenvalue weighted by molar-refractivity contribution is 5.96. The summed E-state index contributed by atoms with van der Waals surface area (Å²) in [5, 5.41) is 2.34. The molecule has 1 amide bonds. The molecule has 0 bridgehead atoms. The van der Waals surface area contributed by atoms with E-state index in [0.717, 1.165) is 19.2 Å². The van der Waals surface area contributed by atoms with Crippen molar-refractivity contribution in [1.82, 2.24) is 5.32 Å². The number of carbonyl (C=O) groups excluding carboxylic acids is 2. The van der Waals surface area contributed by atoms with Crippen molar-refractivity contribution in [2.24, 2.45) is 0 Å². The van der Waals surface area contributed by atoms with Crippen molar-refractivity contribution in [1.29, 1.82) is 0 Å². The van der Waals surface area contributed by atoms with Crippen LogP contribution < -0.4 is 5.32 Å². The van der Waals surface area contributed by atoms with Crippen molar-refractivity contribution in [3.63, 3.8) is 0 Å². The number of halogens is 3. The molecule has 0 unspecified atom stereocenters. The van der Waals surface area contributed by atoms with E-state index in [9.17, 15) is 22.8 Å². The van der Waals surface area contributed by atoms with Crippen LogP contribution in [0, 0.1) is 17.5 Å². The standard InChI is InChI=1S/C17H14F3NO3/c1-24-17(23)15(9-10-4-2-3-5-12(10)18)21-16(22)11-6-7-13(19)14(20)8-11/h2-8,15H,9H2,1H3,(H,21,22)/t15-/m1/s1. The van der Waals surface area contributed by atoms with Gasteiger partial charge in [0.2, 0.25) is 0 Å². The summed E-state index contributed by atoms with van der Waals surface area (Å²) in [5.74, 6) is -4.41. The predicted octanol–water partition coefficient (Wildman–Crippen LogP) is 2.62. The first-order chi connectivity index (χ1) is 11.4. The Bertz CT molecular complexity index is 764. The maximum Gasteiger partial charge on any atom is 0.328 e. The minimum Gasteiger partial charge on any atom is -0.467 e. The topological polar surface area (TPSA) is 55.4 Å². The van der Waals surface area contributed by atoms with Gasteiger partial charge < -0.3 is 10.1 Å². The third-order valence-electron chi connectivity index (χ3n) is 3.35. The number of methoxy groups -OCH3 is 1. The fraction of sp³-hybridized carbons (Fsp3) is 0.176. The average Bonchev–Trinajstić information content (AvgIpc) is 2.57. The van der Waals surface area contributed by atoms with Gasteiger partial charge in [-0.2, -0.15) is 0 Å². The number of rotatable bonds is 5. The normalized spacial score (nSPS) is 11.7. The smallest absolute Gasteiger partial charge is 0.328 e. The van der Waals surface area contributed by atoms with Gasteiger partial charge in [-0.25, -0.2) is 18.0 Å². The quantitative estimate of drug-likeness (QED) is 0.854. The number of carbonyl (C=O) groups is 2. The van der Waals surface area contributed by atoms with E-state index in [2.05, 4.69) is 10.1 Å². The molecule has 0 aliphatic heterocycles. The molecular formula is C17H14F3NO3.